The summed E-state index contributed by atoms with van der Waals surface area (Å²) in [5.74, 6) is 0.863. The Kier molecular flexibility index (Phi) is 7.09. The molecule has 7 heteroatoms. The molecule has 0 fully saturated rings. The number of nitrogens with one attached hydrogen (secondary N) is 1. The molecule has 0 spiro atoms. The first-order valence-electron chi connectivity index (χ1n) is 8.04. The van der Waals surface area contributed by atoms with Crippen LogP contribution in [0.5, 0.6) is 11.5 Å². The Morgan fingerprint density at radius 1 is 1.16 bits per heavy atom. The van der Waals surface area contributed by atoms with E-state index in [2.05, 4.69) is 5.32 Å². The summed E-state index contributed by atoms with van der Waals surface area (Å²) in [7, 11) is 4.73. The maximum absolute atomic E-state index is 12.5. The molecule has 1 atom stereocenters. The fourth-order valence-corrected chi connectivity index (χ4v) is 2.24. The molecule has 0 aromatic heterocycles. The van der Waals surface area contributed by atoms with Crippen LogP contribution in [0.1, 0.15) is 38.1 Å². The third-order valence-corrected chi connectivity index (χ3v) is 3.29. The van der Waals surface area contributed by atoms with Gasteiger partial charge >= 0.3 is 6.09 Å². The van der Waals surface area contributed by atoms with Gasteiger partial charge in [-0.15, -0.1) is 0 Å². The SMILES string of the molecule is COc1ccc(C(=O)N(C)C[C@H](C)NC(=O)OC(C)(C)C)cc1OC. The second-order valence-electron chi connectivity index (χ2n) is 6.80. The van der Waals surface area contributed by atoms with E-state index in [-0.39, 0.29) is 11.9 Å². The normalized spacial score (nSPS) is 12.1. The zero-order valence-electron chi connectivity index (χ0n) is 16.0. The third-order valence-electron chi connectivity index (χ3n) is 3.29. The van der Waals surface area contributed by atoms with Crippen molar-refractivity contribution < 1.29 is 23.8 Å². The van der Waals surface area contributed by atoms with Crippen LogP contribution in [0, 0.1) is 0 Å². The van der Waals surface area contributed by atoms with Gasteiger partial charge in [-0.3, -0.25) is 4.79 Å². The van der Waals surface area contributed by atoms with Crippen LogP contribution in [0.25, 0.3) is 0 Å². The van der Waals surface area contributed by atoms with Crippen LogP contribution in [-0.2, 0) is 4.74 Å². The molecule has 0 saturated heterocycles. The van der Waals surface area contributed by atoms with Gasteiger partial charge in [0, 0.05) is 25.2 Å². The average Bonchev–Trinajstić information content (AvgIpc) is 2.51. The average molecular weight is 352 g/mol. The van der Waals surface area contributed by atoms with Crippen molar-refractivity contribution in [1.29, 1.82) is 0 Å². The van der Waals surface area contributed by atoms with Crippen LogP contribution in [0.3, 0.4) is 0 Å². The van der Waals surface area contributed by atoms with Crippen molar-refractivity contribution in [3.8, 4) is 11.5 Å². The molecule has 0 aliphatic carbocycles. The summed E-state index contributed by atoms with van der Waals surface area (Å²) in [5, 5.41) is 2.71. The van der Waals surface area contributed by atoms with Crippen molar-refractivity contribution in [3.05, 3.63) is 23.8 Å². The predicted octanol–water partition coefficient (Wildman–Crippen LogP) is 2.69. The molecule has 0 radical (unpaired) electrons. The van der Waals surface area contributed by atoms with Crippen molar-refractivity contribution >= 4 is 12.0 Å². The monoisotopic (exact) mass is 352 g/mol. The van der Waals surface area contributed by atoms with E-state index in [0.29, 0.717) is 23.6 Å². The largest absolute Gasteiger partial charge is 0.493 e. The summed E-state index contributed by atoms with van der Waals surface area (Å²) < 4.78 is 15.6. The van der Waals surface area contributed by atoms with Gasteiger partial charge in [0.05, 0.1) is 14.2 Å². The lowest BCUT2D eigenvalue weighted by atomic mass is 10.1. The molecule has 0 saturated carbocycles. The molecule has 0 aliphatic heterocycles. The van der Waals surface area contributed by atoms with Crippen molar-refractivity contribution in [2.24, 2.45) is 0 Å². The minimum absolute atomic E-state index is 0.182. The maximum Gasteiger partial charge on any atom is 0.407 e. The Morgan fingerprint density at radius 3 is 2.28 bits per heavy atom. The standard InChI is InChI=1S/C18H28N2O5/c1-12(19-17(22)25-18(2,3)4)11-20(5)16(21)13-8-9-14(23-6)15(10-13)24-7/h8-10,12H,11H2,1-7H3,(H,19,22)/t12-/m0/s1. The highest BCUT2D eigenvalue weighted by molar-refractivity contribution is 5.94. The fraction of sp³-hybridized carbons (Fsp3) is 0.556. The molecule has 7 nitrogen and oxygen atoms in total. The van der Waals surface area contributed by atoms with Gasteiger partial charge in [0.25, 0.3) is 5.91 Å². The van der Waals surface area contributed by atoms with Gasteiger partial charge in [0.1, 0.15) is 5.60 Å². The van der Waals surface area contributed by atoms with Crippen LogP contribution in [-0.4, -0.2) is 56.4 Å². The summed E-state index contributed by atoms with van der Waals surface area (Å²) >= 11 is 0. The van der Waals surface area contributed by atoms with Crippen LogP contribution in [0.15, 0.2) is 18.2 Å². The van der Waals surface area contributed by atoms with Gasteiger partial charge < -0.3 is 24.4 Å². The molecule has 1 aromatic rings. The number of alkyl carbamates (subject to hydrolysis) is 1. The van der Waals surface area contributed by atoms with Crippen molar-refractivity contribution in [1.82, 2.24) is 10.2 Å². The smallest absolute Gasteiger partial charge is 0.407 e. The number of hydrogen-bond acceptors (Lipinski definition) is 5. The number of benzene rings is 1. The second-order valence-corrected chi connectivity index (χ2v) is 6.80. The van der Waals surface area contributed by atoms with Gasteiger partial charge in [0.15, 0.2) is 11.5 Å². The quantitative estimate of drug-likeness (QED) is 0.852. The molecule has 140 valence electrons. The van der Waals surface area contributed by atoms with Crippen molar-refractivity contribution in [3.63, 3.8) is 0 Å². The first-order chi connectivity index (χ1) is 11.6. The highest BCUT2D eigenvalue weighted by Crippen LogP contribution is 2.27. The van der Waals surface area contributed by atoms with Crippen molar-refractivity contribution in [2.75, 3.05) is 27.8 Å². The number of hydrogen-bond donors (Lipinski definition) is 1. The first kappa shape index (κ1) is 20.6. The van der Waals surface area contributed by atoms with E-state index in [1.807, 2.05) is 6.92 Å². The molecule has 0 unspecified atom stereocenters. The Morgan fingerprint density at radius 2 is 1.76 bits per heavy atom. The van der Waals surface area contributed by atoms with Crippen LogP contribution < -0.4 is 14.8 Å². The van der Waals surface area contributed by atoms with Gasteiger partial charge in [-0.25, -0.2) is 4.79 Å². The van der Waals surface area contributed by atoms with E-state index in [9.17, 15) is 9.59 Å². The molecule has 1 rings (SSSR count). The highest BCUT2D eigenvalue weighted by atomic mass is 16.6. The molecule has 25 heavy (non-hydrogen) atoms. The van der Waals surface area contributed by atoms with Crippen LogP contribution in [0.2, 0.25) is 0 Å². The Bertz CT molecular complexity index is 610. The lowest BCUT2D eigenvalue weighted by Gasteiger charge is -2.25. The second kappa shape index (κ2) is 8.60. The number of carbonyl (C=O) groups excluding carboxylic acids is 2. The number of rotatable bonds is 6. The van der Waals surface area contributed by atoms with E-state index >= 15 is 0 Å². The van der Waals surface area contributed by atoms with E-state index in [4.69, 9.17) is 14.2 Å². The van der Waals surface area contributed by atoms with Crippen molar-refractivity contribution in [2.45, 2.75) is 39.3 Å². The van der Waals surface area contributed by atoms with Gasteiger partial charge in [-0.05, 0) is 45.9 Å². The Labute approximate surface area is 149 Å². The number of methoxy groups -OCH3 is 2. The molecule has 0 bridgehead atoms. The molecule has 1 aromatic carbocycles. The zero-order valence-corrected chi connectivity index (χ0v) is 16.0. The molecule has 0 heterocycles. The lowest BCUT2D eigenvalue weighted by Crippen LogP contribution is -2.44. The summed E-state index contributed by atoms with van der Waals surface area (Å²) in [5.41, 5.74) is -0.0878. The summed E-state index contributed by atoms with van der Waals surface area (Å²) in [6, 6.07) is 4.72. The number of amides is 2. The third kappa shape index (κ3) is 6.52. The van der Waals surface area contributed by atoms with E-state index in [1.54, 1.807) is 46.0 Å². The minimum Gasteiger partial charge on any atom is -0.493 e. The van der Waals surface area contributed by atoms with Gasteiger partial charge in [-0.2, -0.15) is 0 Å². The zero-order chi connectivity index (χ0) is 19.2. The maximum atomic E-state index is 12.5. The van der Waals surface area contributed by atoms with E-state index in [1.165, 1.54) is 19.1 Å². The molecule has 2 amide bonds. The summed E-state index contributed by atoms with van der Waals surface area (Å²) in [6.07, 6.45) is -0.507. The van der Waals surface area contributed by atoms with Crippen LogP contribution in [0.4, 0.5) is 4.79 Å². The predicted molar refractivity (Wildman–Crippen MR) is 95.3 cm³/mol. The highest BCUT2D eigenvalue weighted by Gasteiger charge is 2.20. The summed E-state index contributed by atoms with van der Waals surface area (Å²) in [4.78, 5) is 25.9. The topological polar surface area (TPSA) is 77.1 Å². The fourth-order valence-electron chi connectivity index (χ4n) is 2.24. The molecule has 0 aliphatic rings. The number of carbonyl (C=O) groups is 2. The molecular formula is C18H28N2O5. The van der Waals surface area contributed by atoms with Gasteiger partial charge in [0.2, 0.25) is 0 Å². The molecule has 1 N–H and O–H groups in total. The van der Waals surface area contributed by atoms with Crippen LogP contribution >= 0.6 is 0 Å². The first-order valence-corrected chi connectivity index (χ1v) is 8.04. The number of ether oxygens (including phenoxy) is 3. The number of nitrogens with zero attached hydrogens (tertiary/aromatic N) is 1. The molecular weight excluding hydrogens is 324 g/mol. The summed E-state index contributed by atoms with van der Waals surface area (Å²) in [6.45, 7) is 7.53. The Hall–Kier alpha value is -2.44. The lowest BCUT2D eigenvalue weighted by molar-refractivity contribution is 0.0491. The minimum atomic E-state index is -0.564. The number of likely N-dealkylation sites (N-methyl/N-ethyl adjacent to an activating group) is 1. The van der Waals surface area contributed by atoms with E-state index < -0.39 is 11.7 Å². The Balaban J connectivity index is 2.69. The van der Waals surface area contributed by atoms with E-state index in [0.717, 1.165) is 0 Å². The van der Waals surface area contributed by atoms with Gasteiger partial charge in [-0.1, -0.05) is 0 Å².